The number of halogens is 3. The van der Waals surface area contributed by atoms with Gasteiger partial charge in [0.25, 0.3) is 5.91 Å². The van der Waals surface area contributed by atoms with Crippen LogP contribution in [0.15, 0.2) is 64.5 Å². The molecule has 174 valence electrons. The molecule has 0 atom stereocenters. The third-order valence-corrected chi connectivity index (χ3v) is 6.76. The van der Waals surface area contributed by atoms with Gasteiger partial charge < -0.3 is 14.8 Å². The van der Waals surface area contributed by atoms with E-state index in [0.29, 0.717) is 42.2 Å². The van der Waals surface area contributed by atoms with Crippen LogP contribution < -0.4 is 14.8 Å². The number of rotatable bonds is 6. The van der Waals surface area contributed by atoms with Gasteiger partial charge in [0.05, 0.1) is 32.8 Å². The van der Waals surface area contributed by atoms with Crippen LogP contribution in [-0.4, -0.2) is 18.2 Å². The molecule has 4 rings (SSSR count). The lowest BCUT2D eigenvalue weighted by Crippen LogP contribution is -2.19. The Kier molecular flexibility index (Phi) is 7.73. The van der Waals surface area contributed by atoms with Gasteiger partial charge in [-0.15, -0.1) is 0 Å². The van der Waals surface area contributed by atoms with Gasteiger partial charge in [0.15, 0.2) is 16.7 Å². The molecule has 0 spiro atoms. The summed E-state index contributed by atoms with van der Waals surface area (Å²) in [5.74, 6) is 0.602. The quantitative estimate of drug-likeness (QED) is 0.335. The molecule has 34 heavy (non-hydrogen) atoms. The van der Waals surface area contributed by atoms with Crippen LogP contribution in [0.1, 0.15) is 16.7 Å². The minimum absolute atomic E-state index is 0.227. The summed E-state index contributed by atoms with van der Waals surface area (Å²) in [7, 11) is 1.53. The number of hydrogen-bond acceptors (Lipinski definition) is 5. The van der Waals surface area contributed by atoms with Crippen molar-refractivity contribution in [2.75, 3.05) is 7.11 Å². The summed E-state index contributed by atoms with van der Waals surface area (Å²) in [5.41, 5.74) is 3.43. The molecular formula is C25H19Cl3N2O3S. The molecule has 1 N–H and O–H groups in total. The fourth-order valence-electron chi connectivity index (χ4n) is 3.12. The Morgan fingerprint density at radius 1 is 1.00 bits per heavy atom. The number of nitrogens with zero attached hydrogens (tertiary/aromatic N) is 1. The number of nitrogens with one attached hydrogen (secondary N) is 1. The molecule has 0 unspecified atom stereocenters. The first-order valence-corrected chi connectivity index (χ1v) is 12.1. The van der Waals surface area contributed by atoms with Gasteiger partial charge in [-0.2, -0.15) is 0 Å². The number of aliphatic imine (C=N–C) groups is 1. The molecule has 0 bridgehead atoms. The van der Waals surface area contributed by atoms with E-state index in [1.165, 1.54) is 18.9 Å². The predicted molar refractivity (Wildman–Crippen MR) is 141 cm³/mol. The van der Waals surface area contributed by atoms with Crippen molar-refractivity contribution in [1.82, 2.24) is 5.32 Å². The lowest BCUT2D eigenvalue weighted by molar-refractivity contribution is -0.115. The van der Waals surface area contributed by atoms with Crippen molar-refractivity contribution in [3.05, 3.63) is 91.3 Å². The fourth-order valence-corrected chi connectivity index (χ4v) is 4.55. The van der Waals surface area contributed by atoms with Crippen LogP contribution in [0.25, 0.3) is 6.08 Å². The monoisotopic (exact) mass is 532 g/mol. The third kappa shape index (κ3) is 5.88. The van der Waals surface area contributed by atoms with Crippen molar-refractivity contribution >= 4 is 69.4 Å². The van der Waals surface area contributed by atoms with Crippen LogP contribution in [-0.2, 0) is 11.4 Å². The molecule has 3 aromatic carbocycles. The average Bonchev–Trinajstić information content (AvgIpc) is 3.15. The molecule has 0 radical (unpaired) electrons. The van der Waals surface area contributed by atoms with Gasteiger partial charge in [0.1, 0.15) is 6.61 Å². The van der Waals surface area contributed by atoms with Crippen molar-refractivity contribution in [3.8, 4) is 11.5 Å². The fraction of sp³-hybridized carbons (Fsp3) is 0.120. The zero-order valence-corrected chi connectivity index (χ0v) is 21.3. The summed E-state index contributed by atoms with van der Waals surface area (Å²) < 4.78 is 11.4. The Morgan fingerprint density at radius 2 is 1.76 bits per heavy atom. The van der Waals surface area contributed by atoms with E-state index in [1.807, 2.05) is 37.3 Å². The Balaban J connectivity index is 1.53. The molecule has 1 aliphatic rings. The first-order valence-electron chi connectivity index (χ1n) is 10.1. The second-order valence-corrected chi connectivity index (χ2v) is 9.64. The molecule has 1 fully saturated rings. The third-order valence-electron chi connectivity index (χ3n) is 4.83. The van der Waals surface area contributed by atoms with Gasteiger partial charge in [-0.05, 0) is 72.3 Å². The molecular weight excluding hydrogens is 515 g/mol. The summed E-state index contributed by atoms with van der Waals surface area (Å²) in [5, 5.41) is 4.57. The normalized spacial score (nSPS) is 15.6. The van der Waals surface area contributed by atoms with E-state index >= 15 is 0 Å². The number of ether oxygens (including phenoxy) is 2. The van der Waals surface area contributed by atoms with Crippen molar-refractivity contribution in [3.63, 3.8) is 0 Å². The van der Waals surface area contributed by atoms with E-state index in [-0.39, 0.29) is 12.5 Å². The molecule has 0 aromatic heterocycles. The number of carbonyl (C=O) groups excluding carboxylic acids is 1. The summed E-state index contributed by atoms with van der Waals surface area (Å²) in [6.07, 6.45) is 1.73. The standard InChI is InChI=1S/C25H19Cl3N2O3S/c1-14-3-6-17(7-4-14)29-25-30-24(31)22(34-25)12-16-10-20(28)23(21(11-16)32-2)33-13-15-5-8-18(26)19(27)9-15/h3-12H,13H2,1-2H3,(H,29,30,31)/b22-12+. The highest BCUT2D eigenvalue weighted by Gasteiger charge is 2.24. The number of amides is 1. The first-order chi connectivity index (χ1) is 16.3. The maximum atomic E-state index is 12.5. The van der Waals surface area contributed by atoms with Gasteiger partial charge >= 0.3 is 0 Å². The number of methoxy groups -OCH3 is 1. The molecule has 9 heteroatoms. The second-order valence-electron chi connectivity index (χ2n) is 7.39. The van der Waals surface area contributed by atoms with Crippen molar-refractivity contribution < 1.29 is 14.3 Å². The molecule has 1 heterocycles. The van der Waals surface area contributed by atoms with Gasteiger partial charge in [-0.3, -0.25) is 4.79 Å². The molecule has 1 saturated heterocycles. The summed E-state index contributed by atoms with van der Waals surface area (Å²) in [6.45, 7) is 2.23. The Bertz CT molecular complexity index is 1310. The van der Waals surface area contributed by atoms with Crippen molar-refractivity contribution in [2.24, 2.45) is 4.99 Å². The predicted octanol–water partition coefficient (Wildman–Crippen LogP) is 7.43. The molecule has 1 aliphatic heterocycles. The lowest BCUT2D eigenvalue weighted by atomic mass is 10.1. The van der Waals surface area contributed by atoms with E-state index in [9.17, 15) is 4.79 Å². The van der Waals surface area contributed by atoms with Crippen LogP contribution in [0.2, 0.25) is 15.1 Å². The van der Waals surface area contributed by atoms with Crippen LogP contribution >= 0.6 is 46.6 Å². The van der Waals surface area contributed by atoms with Crippen molar-refractivity contribution in [2.45, 2.75) is 13.5 Å². The summed E-state index contributed by atoms with van der Waals surface area (Å²) in [6, 6.07) is 16.5. The summed E-state index contributed by atoms with van der Waals surface area (Å²) in [4.78, 5) is 17.4. The van der Waals surface area contributed by atoms with Crippen LogP contribution in [0.4, 0.5) is 5.69 Å². The Labute approximate surface area is 216 Å². The van der Waals surface area contributed by atoms with Gasteiger partial charge in [-0.25, -0.2) is 4.99 Å². The largest absolute Gasteiger partial charge is 0.493 e. The lowest BCUT2D eigenvalue weighted by Gasteiger charge is -2.14. The maximum absolute atomic E-state index is 12.5. The highest BCUT2D eigenvalue weighted by atomic mass is 35.5. The number of benzene rings is 3. The highest BCUT2D eigenvalue weighted by molar-refractivity contribution is 8.18. The molecule has 3 aromatic rings. The Hall–Kier alpha value is -2.64. The van der Waals surface area contributed by atoms with E-state index in [0.717, 1.165) is 16.8 Å². The van der Waals surface area contributed by atoms with E-state index in [4.69, 9.17) is 44.3 Å². The van der Waals surface area contributed by atoms with Crippen LogP contribution in [0, 0.1) is 6.92 Å². The molecule has 0 saturated carbocycles. The number of aryl methyl sites for hydroxylation is 1. The number of thioether (sulfide) groups is 1. The first kappa shape index (κ1) is 24.5. The SMILES string of the molecule is COc1cc(/C=C2/SC(=Nc3ccc(C)cc3)NC2=O)cc(Cl)c1OCc1ccc(Cl)c(Cl)c1. The second kappa shape index (κ2) is 10.7. The zero-order chi connectivity index (χ0) is 24.2. The topological polar surface area (TPSA) is 59.9 Å². The van der Waals surface area contributed by atoms with Crippen LogP contribution in [0.3, 0.4) is 0 Å². The van der Waals surface area contributed by atoms with Gasteiger partial charge in [-0.1, -0.05) is 58.6 Å². The average molecular weight is 534 g/mol. The minimum Gasteiger partial charge on any atom is -0.493 e. The molecule has 0 aliphatic carbocycles. The van der Waals surface area contributed by atoms with Crippen LogP contribution in [0.5, 0.6) is 11.5 Å². The number of carbonyl (C=O) groups is 1. The van der Waals surface area contributed by atoms with Gasteiger partial charge in [0, 0.05) is 0 Å². The summed E-state index contributed by atoms with van der Waals surface area (Å²) >= 11 is 19.8. The van der Waals surface area contributed by atoms with E-state index in [2.05, 4.69) is 10.3 Å². The van der Waals surface area contributed by atoms with Gasteiger partial charge in [0.2, 0.25) is 0 Å². The Morgan fingerprint density at radius 3 is 2.47 bits per heavy atom. The molecule has 1 amide bonds. The smallest absolute Gasteiger partial charge is 0.264 e. The van der Waals surface area contributed by atoms with E-state index < -0.39 is 0 Å². The zero-order valence-electron chi connectivity index (χ0n) is 18.2. The minimum atomic E-state index is -0.231. The molecule has 5 nitrogen and oxygen atoms in total. The maximum Gasteiger partial charge on any atom is 0.264 e. The number of hydrogen-bond donors (Lipinski definition) is 1. The van der Waals surface area contributed by atoms with E-state index in [1.54, 1.807) is 30.3 Å². The number of amidine groups is 1. The highest BCUT2D eigenvalue weighted by Crippen LogP contribution is 2.39. The van der Waals surface area contributed by atoms with Crippen molar-refractivity contribution in [1.29, 1.82) is 0 Å².